The van der Waals surface area contributed by atoms with Gasteiger partial charge in [0.15, 0.2) is 11.5 Å². The van der Waals surface area contributed by atoms with E-state index in [1.54, 1.807) is 23.4 Å². The van der Waals surface area contributed by atoms with Crippen LogP contribution in [0.15, 0.2) is 55.2 Å². The number of nitrogens with one attached hydrogen (secondary N) is 1. The molecule has 142 valence electrons. The second kappa shape index (κ2) is 7.05. The smallest absolute Gasteiger partial charge is 0.166 e. The zero-order valence-corrected chi connectivity index (χ0v) is 15.3. The van der Waals surface area contributed by atoms with E-state index in [0.717, 1.165) is 54.2 Å². The standard InChI is InChI=1S/C20H21N7O/c28-16-4-1-3-14(11-16)24-18-6-5-17-20(25-18)26(13-22-17)15-7-9-21-19(12-15)27-10-2-8-23-27/h2,5-10,12-14,16,28H,1,3-4,11H2,(H,24,25)/t14-,16+/m1/s1. The predicted molar refractivity (Wildman–Crippen MR) is 106 cm³/mol. The lowest BCUT2D eigenvalue weighted by molar-refractivity contribution is 0.124. The first-order valence-electron chi connectivity index (χ1n) is 9.51. The molecule has 4 aromatic rings. The molecule has 1 aliphatic carbocycles. The van der Waals surface area contributed by atoms with Crippen molar-refractivity contribution < 1.29 is 5.11 Å². The van der Waals surface area contributed by atoms with Gasteiger partial charge < -0.3 is 10.4 Å². The number of rotatable bonds is 4. The van der Waals surface area contributed by atoms with Gasteiger partial charge in [-0.25, -0.2) is 19.6 Å². The van der Waals surface area contributed by atoms with Crippen molar-refractivity contribution in [2.24, 2.45) is 0 Å². The molecule has 4 heterocycles. The topological polar surface area (TPSA) is 93.7 Å². The Bertz CT molecular complexity index is 1090. The Morgan fingerprint density at radius 1 is 1.11 bits per heavy atom. The van der Waals surface area contributed by atoms with Crippen LogP contribution in [-0.2, 0) is 0 Å². The van der Waals surface area contributed by atoms with Crippen molar-refractivity contribution in [2.75, 3.05) is 5.32 Å². The maximum atomic E-state index is 9.91. The minimum atomic E-state index is -0.224. The van der Waals surface area contributed by atoms with Crippen molar-refractivity contribution in [3.8, 4) is 11.5 Å². The molecule has 1 fully saturated rings. The molecule has 0 spiro atoms. The lowest BCUT2D eigenvalue weighted by Gasteiger charge is -2.27. The van der Waals surface area contributed by atoms with E-state index < -0.39 is 0 Å². The molecule has 0 bridgehead atoms. The van der Waals surface area contributed by atoms with E-state index in [-0.39, 0.29) is 12.1 Å². The van der Waals surface area contributed by atoms with Crippen LogP contribution in [0.5, 0.6) is 0 Å². The predicted octanol–water partition coefficient (Wildman–Crippen LogP) is 2.72. The Morgan fingerprint density at radius 2 is 2.07 bits per heavy atom. The summed E-state index contributed by atoms with van der Waals surface area (Å²) in [5.41, 5.74) is 2.52. The van der Waals surface area contributed by atoms with Crippen molar-refractivity contribution in [1.82, 2.24) is 29.3 Å². The number of hydrogen-bond donors (Lipinski definition) is 2. The Balaban J connectivity index is 1.48. The number of nitrogens with zero attached hydrogens (tertiary/aromatic N) is 6. The third kappa shape index (κ3) is 3.22. The summed E-state index contributed by atoms with van der Waals surface area (Å²) in [5, 5.41) is 17.6. The van der Waals surface area contributed by atoms with Crippen molar-refractivity contribution >= 4 is 17.0 Å². The largest absolute Gasteiger partial charge is 0.393 e. The van der Waals surface area contributed by atoms with Gasteiger partial charge in [-0.15, -0.1) is 0 Å². The Labute approximate surface area is 161 Å². The van der Waals surface area contributed by atoms with Crippen molar-refractivity contribution in [3.63, 3.8) is 0 Å². The fourth-order valence-electron chi connectivity index (χ4n) is 3.75. The van der Waals surface area contributed by atoms with Gasteiger partial charge in [-0.1, -0.05) is 0 Å². The Kier molecular flexibility index (Phi) is 4.25. The average Bonchev–Trinajstić information content (AvgIpc) is 3.38. The van der Waals surface area contributed by atoms with Crippen molar-refractivity contribution in [2.45, 2.75) is 37.8 Å². The van der Waals surface area contributed by atoms with E-state index in [9.17, 15) is 5.11 Å². The maximum Gasteiger partial charge on any atom is 0.166 e. The number of aromatic nitrogens is 6. The summed E-state index contributed by atoms with van der Waals surface area (Å²) < 4.78 is 3.67. The first kappa shape index (κ1) is 16.9. The molecule has 5 rings (SSSR count). The van der Waals surface area contributed by atoms with Crippen LogP contribution < -0.4 is 5.32 Å². The molecule has 0 aliphatic heterocycles. The molecule has 1 aliphatic rings. The first-order valence-corrected chi connectivity index (χ1v) is 9.51. The Hall–Kier alpha value is -3.26. The lowest BCUT2D eigenvalue weighted by atomic mass is 9.93. The monoisotopic (exact) mass is 375 g/mol. The molecule has 0 radical (unpaired) electrons. The summed E-state index contributed by atoms with van der Waals surface area (Å²) in [6, 6.07) is 9.90. The minimum Gasteiger partial charge on any atom is -0.393 e. The first-order chi connectivity index (χ1) is 13.8. The van der Waals surface area contributed by atoms with Gasteiger partial charge in [0.25, 0.3) is 0 Å². The summed E-state index contributed by atoms with van der Waals surface area (Å²) in [7, 11) is 0. The number of pyridine rings is 2. The normalized spacial score (nSPS) is 19.8. The summed E-state index contributed by atoms with van der Waals surface area (Å²) in [6.45, 7) is 0. The molecular formula is C20H21N7O. The maximum absolute atomic E-state index is 9.91. The van der Waals surface area contributed by atoms with E-state index in [4.69, 9.17) is 4.98 Å². The van der Waals surface area contributed by atoms with E-state index >= 15 is 0 Å². The van der Waals surface area contributed by atoms with Crippen molar-refractivity contribution in [3.05, 3.63) is 55.2 Å². The number of aliphatic hydroxyl groups is 1. The van der Waals surface area contributed by atoms with E-state index in [0.29, 0.717) is 0 Å². The van der Waals surface area contributed by atoms with Crippen LogP contribution in [0.2, 0.25) is 0 Å². The number of fused-ring (bicyclic) bond motifs is 1. The molecule has 0 unspecified atom stereocenters. The molecule has 2 N–H and O–H groups in total. The molecule has 0 aromatic carbocycles. The fraction of sp³-hybridized carbons (Fsp3) is 0.300. The number of anilines is 1. The van der Waals surface area contributed by atoms with Gasteiger partial charge in [0.2, 0.25) is 0 Å². The van der Waals surface area contributed by atoms with Gasteiger partial charge in [-0.05, 0) is 49.9 Å². The third-order valence-electron chi connectivity index (χ3n) is 5.14. The molecule has 0 amide bonds. The average molecular weight is 375 g/mol. The van der Waals surface area contributed by atoms with Gasteiger partial charge in [0, 0.05) is 30.7 Å². The fourth-order valence-corrected chi connectivity index (χ4v) is 3.75. The zero-order valence-electron chi connectivity index (χ0n) is 15.3. The number of aliphatic hydroxyl groups excluding tert-OH is 1. The molecule has 0 saturated heterocycles. The van der Waals surface area contributed by atoms with E-state index in [1.165, 1.54) is 0 Å². The molecule has 2 atom stereocenters. The molecule has 8 heteroatoms. The summed E-state index contributed by atoms with van der Waals surface area (Å²) in [4.78, 5) is 13.6. The highest BCUT2D eigenvalue weighted by Gasteiger charge is 2.20. The van der Waals surface area contributed by atoms with Gasteiger partial charge >= 0.3 is 0 Å². The molecule has 1 saturated carbocycles. The highest BCUT2D eigenvalue weighted by atomic mass is 16.3. The van der Waals surface area contributed by atoms with Crippen LogP contribution in [0.25, 0.3) is 22.7 Å². The van der Waals surface area contributed by atoms with Gasteiger partial charge in [0.05, 0.1) is 11.8 Å². The quantitative estimate of drug-likeness (QED) is 0.570. The number of hydrogen-bond acceptors (Lipinski definition) is 6. The molecule has 28 heavy (non-hydrogen) atoms. The Morgan fingerprint density at radius 3 is 2.93 bits per heavy atom. The van der Waals surface area contributed by atoms with Crippen LogP contribution in [0.4, 0.5) is 5.82 Å². The summed E-state index contributed by atoms with van der Waals surface area (Å²) in [5.74, 6) is 1.53. The van der Waals surface area contributed by atoms with Crippen LogP contribution >= 0.6 is 0 Å². The zero-order chi connectivity index (χ0) is 18.9. The van der Waals surface area contributed by atoms with Crippen LogP contribution in [0.3, 0.4) is 0 Å². The highest BCUT2D eigenvalue weighted by Crippen LogP contribution is 2.24. The third-order valence-corrected chi connectivity index (χ3v) is 5.14. The minimum absolute atomic E-state index is 0.224. The SMILES string of the molecule is O[C@H]1CCC[C@@H](Nc2ccc3ncn(-c4ccnc(-n5cccn5)c4)c3n2)C1. The van der Waals surface area contributed by atoms with E-state index in [2.05, 4.69) is 20.4 Å². The summed E-state index contributed by atoms with van der Waals surface area (Å²) in [6.07, 6.45) is 10.6. The second-order valence-electron chi connectivity index (χ2n) is 7.14. The van der Waals surface area contributed by atoms with Gasteiger partial charge in [0.1, 0.15) is 17.7 Å². The van der Waals surface area contributed by atoms with Crippen LogP contribution in [-0.4, -0.2) is 46.6 Å². The molecule has 4 aromatic heterocycles. The summed E-state index contributed by atoms with van der Waals surface area (Å²) >= 11 is 0. The van der Waals surface area contributed by atoms with Gasteiger partial charge in [-0.3, -0.25) is 4.57 Å². The second-order valence-corrected chi connectivity index (χ2v) is 7.14. The lowest BCUT2D eigenvalue weighted by Crippen LogP contribution is -2.30. The van der Waals surface area contributed by atoms with Crippen molar-refractivity contribution in [1.29, 1.82) is 0 Å². The van der Waals surface area contributed by atoms with Gasteiger partial charge in [-0.2, -0.15) is 5.10 Å². The molecular weight excluding hydrogens is 354 g/mol. The van der Waals surface area contributed by atoms with E-state index in [1.807, 2.05) is 41.1 Å². The van der Waals surface area contributed by atoms with Crippen LogP contribution in [0.1, 0.15) is 25.7 Å². The molecule has 8 nitrogen and oxygen atoms in total. The highest BCUT2D eigenvalue weighted by molar-refractivity contribution is 5.75. The number of imidazole rings is 1. The van der Waals surface area contributed by atoms with Crippen LogP contribution in [0, 0.1) is 0 Å².